The van der Waals surface area contributed by atoms with E-state index in [2.05, 4.69) is 16.2 Å². The van der Waals surface area contributed by atoms with Crippen molar-refractivity contribution in [1.29, 1.82) is 0 Å². The number of benzene rings is 1. The van der Waals surface area contributed by atoms with E-state index < -0.39 is 0 Å². The summed E-state index contributed by atoms with van der Waals surface area (Å²) in [7, 11) is 3.24. The zero-order valence-corrected chi connectivity index (χ0v) is 13.9. The van der Waals surface area contributed by atoms with Gasteiger partial charge in [0.15, 0.2) is 0 Å². The molecule has 3 rings (SSSR count). The molecule has 1 aromatic carbocycles. The molecule has 0 aromatic heterocycles. The Morgan fingerprint density at radius 2 is 2.04 bits per heavy atom. The highest BCUT2D eigenvalue weighted by Gasteiger charge is 2.39. The SMILES string of the molecule is COc1ccc(C(C)NC(=O)C2CC(C3CC3)NN2)c(OC)c1. The summed E-state index contributed by atoms with van der Waals surface area (Å²) in [6, 6.07) is 5.75. The van der Waals surface area contributed by atoms with E-state index >= 15 is 0 Å². The summed E-state index contributed by atoms with van der Waals surface area (Å²) in [5.41, 5.74) is 7.30. The third kappa shape index (κ3) is 3.59. The summed E-state index contributed by atoms with van der Waals surface area (Å²) >= 11 is 0. The monoisotopic (exact) mass is 319 g/mol. The number of hydrogen-bond acceptors (Lipinski definition) is 5. The normalized spacial score (nSPS) is 25.0. The van der Waals surface area contributed by atoms with Crippen LogP contribution in [0.15, 0.2) is 18.2 Å². The number of ether oxygens (including phenoxy) is 2. The lowest BCUT2D eigenvalue weighted by Gasteiger charge is -2.20. The van der Waals surface area contributed by atoms with Gasteiger partial charge in [-0.2, -0.15) is 0 Å². The number of carbonyl (C=O) groups is 1. The second-order valence-electron chi connectivity index (χ2n) is 6.36. The number of methoxy groups -OCH3 is 2. The molecule has 1 aromatic rings. The van der Waals surface area contributed by atoms with E-state index in [1.807, 2.05) is 25.1 Å². The summed E-state index contributed by atoms with van der Waals surface area (Å²) in [6.45, 7) is 1.96. The molecule has 1 heterocycles. The van der Waals surface area contributed by atoms with Crippen LogP contribution in [0.5, 0.6) is 11.5 Å². The fraction of sp³-hybridized carbons (Fsp3) is 0.588. The smallest absolute Gasteiger partial charge is 0.239 e. The predicted octanol–water partition coefficient (Wildman–Crippen LogP) is 1.53. The van der Waals surface area contributed by atoms with Crippen LogP contribution in [0.2, 0.25) is 0 Å². The maximum Gasteiger partial charge on any atom is 0.239 e. The molecule has 126 valence electrons. The second kappa shape index (κ2) is 6.76. The standard InChI is InChI=1S/C17H25N3O3/c1-10(13-7-6-12(22-2)8-16(13)23-3)18-17(21)15-9-14(19-20-15)11-4-5-11/h6-8,10-11,14-15,19-20H,4-5,9H2,1-3H3,(H,18,21). The first kappa shape index (κ1) is 16.1. The minimum absolute atomic E-state index is 0.0195. The minimum atomic E-state index is -0.174. The van der Waals surface area contributed by atoms with Crippen LogP contribution >= 0.6 is 0 Å². The Hall–Kier alpha value is -1.79. The van der Waals surface area contributed by atoms with Crippen LogP contribution in [0, 0.1) is 5.92 Å². The second-order valence-corrected chi connectivity index (χ2v) is 6.36. The summed E-state index contributed by atoms with van der Waals surface area (Å²) in [5, 5.41) is 3.07. The molecule has 3 unspecified atom stereocenters. The van der Waals surface area contributed by atoms with E-state index in [-0.39, 0.29) is 18.0 Å². The van der Waals surface area contributed by atoms with Crippen LogP contribution in [0.25, 0.3) is 0 Å². The summed E-state index contributed by atoms with van der Waals surface area (Å²) in [5.74, 6) is 2.20. The van der Waals surface area contributed by atoms with Gasteiger partial charge in [-0.1, -0.05) is 0 Å². The van der Waals surface area contributed by atoms with E-state index in [1.165, 1.54) is 12.8 Å². The van der Waals surface area contributed by atoms with Gasteiger partial charge in [0.05, 0.1) is 20.3 Å². The maximum atomic E-state index is 12.5. The van der Waals surface area contributed by atoms with Gasteiger partial charge < -0.3 is 14.8 Å². The molecule has 1 saturated heterocycles. The maximum absolute atomic E-state index is 12.5. The largest absolute Gasteiger partial charge is 0.497 e. The van der Waals surface area contributed by atoms with E-state index in [0.717, 1.165) is 23.7 Å². The van der Waals surface area contributed by atoms with Crippen LogP contribution in [-0.4, -0.2) is 32.2 Å². The van der Waals surface area contributed by atoms with Crippen molar-refractivity contribution in [2.45, 2.75) is 44.3 Å². The Bertz CT molecular complexity index is 574. The molecule has 1 amide bonds. The molecule has 23 heavy (non-hydrogen) atoms. The highest BCUT2D eigenvalue weighted by Crippen LogP contribution is 2.35. The molecule has 3 N–H and O–H groups in total. The lowest BCUT2D eigenvalue weighted by Crippen LogP contribution is -2.44. The molecular formula is C17H25N3O3. The fourth-order valence-electron chi connectivity index (χ4n) is 3.13. The molecule has 0 spiro atoms. The summed E-state index contributed by atoms with van der Waals surface area (Å²) in [6.07, 6.45) is 3.39. The number of nitrogens with one attached hydrogen (secondary N) is 3. The van der Waals surface area contributed by atoms with Gasteiger partial charge in [0, 0.05) is 17.7 Å². The Labute approximate surface area is 136 Å². The van der Waals surface area contributed by atoms with Crippen molar-refractivity contribution in [2.24, 2.45) is 5.92 Å². The van der Waals surface area contributed by atoms with E-state index in [9.17, 15) is 4.79 Å². The van der Waals surface area contributed by atoms with Gasteiger partial charge in [0.2, 0.25) is 5.91 Å². The van der Waals surface area contributed by atoms with Gasteiger partial charge in [-0.05, 0) is 44.2 Å². The van der Waals surface area contributed by atoms with E-state index in [1.54, 1.807) is 14.2 Å². The van der Waals surface area contributed by atoms with Crippen molar-refractivity contribution in [3.05, 3.63) is 23.8 Å². The molecular weight excluding hydrogens is 294 g/mol. The number of hydrazine groups is 1. The number of carbonyl (C=O) groups excluding carboxylic acids is 1. The van der Waals surface area contributed by atoms with Crippen LogP contribution < -0.4 is 25.6 Å². The summed E-state index contributed by atoms with van der Waals surface area (Å²) in [4.78, 5) is 12.5. The molecule has 1 aliphatic carbocycles. The molecule has 0 bridgehead atoms. The quantitative estimate of drug-likeness (QED) is 0.742. The van der Waals surface area contributed by atoms with Crippen LogP contribution in [0.1, 0.15) is 37.8 Å². The predicted molar refractivity (Wildman–Crippen MR) is 87.3 cm³/mol. The van der Waals surface area contributed by atoms with Crippen molar-refractivity contribution in [2.75, 3.05) is 14.2 Å². The third-order valence-corrected chi connectivity index (χ3v) is 4.71. The van der Waals surface area contributed by atoms with Crippen molar-refractivity contribution >= 4 is 5.91 Å². The van der Waals surface area contributed by atoms with E-state index in [0.29, 0.717) is 11.8 Å². The molecule has 1 saturated carbocycles. The number of hydrogen-bond donors (Lipinski definition) is 3. The first-order valence-electron chi connectivity index (χ1n) is 8.15. The Morgan fingerprint density at radius 1 is 1.26 bits per heavy atom. The number of rotatable bonds is 6. The zero-order chi connectivity index (χ0) is 16.4. The molecule has 2 aliphatic rings. The molecule has 0 radical (unpaired) electrons. The van der Waals surface area contributed by atoms with E-state index in [4.69, 9.17) is 9.47 Å². The van der Waals surface area contributed by atoms with Gasteiger partial charge in [-0.3, -0.25) is 10.2 Å². The minimum Gasteiger partial charge on any atom is -0.497 e. The van der Waals surface area contributed by atoms with Crippen molar-refractivity contribution < 1.29 is 14.3 Å². The molecule has 2 fully saturated rings. The highest BCUT2D eigenvalue weighted by molar-refractivity contribution is 5.82. The van der Waals surface area contributed by atoms with Crippen molar-refractivity contribution in [3.63, 3.8) is 0 Å². The van der Waals surface area contributed by atoms with Gasteiger partial charge in [-0.15, -0.1) is 0 Å². The van der Waals surface area contributed by atoms with Crippen LogP contribution in [-0.2, 0) is 4.79 Å². The fourth-order valence-corrected chi connectivity index (χ4v) is 3.13. The van der Waals surface area contributed by atoms with Crippen molar-refractivity contribution in [1.82, 2.24) is 16.2 Å². The van der Waals surface area contributed by atoms with Gasteiger partial charge in [-0.25, -0.2) is 5.43 Å². The van der Waals surface area contributed by atoms with Gasteiger partial charge in [0.1, 0.15) is 17.5 Å². The number of amides is 1. The Balaban J connectivity index is 1.62. The Morgan fingerprint density at radius 3 is 2.70 bits per heavy atom. The molecule has 3 atom stereocenters. The third-order valence-electron chi connectivity index (χ3n) is 4.71. The first-order valence-corrected chi connectivity index (χ1v) is 8.15. The molecule has 1 aliphatic heterocycles. The average Bonchev–Trinajstić information content (AvgIpc) is 3.30. The summed E-state index contributed by atoms with van der Waals surface area (Å²) < 4.78 is 10.6. The zero-order valence-electron chi connectivity index (χ0n) is 13.9. The van der Waals surface area contributed by atoms with Crippen LogP contribution in [0.4, 0.5) is 0 Å². The molecule has 6 heteroatoms. The molecule has 6 nitrogen and oxygen atoms in total. The van der Waals surface area contributed by atoms with Gasteiger partial charge in [0.25, 0.3) is 0 Å². The van der Waals surface area contributed by atoms with Gasteiger partial charge >= 0.3 is 0 Å². The Kier molecular flexibility index (Phi) is 4.73. The highest BCUT2D eigenvalue weighted by atomic mass is 16.5. The lowest BCUT2D eigenvalue weighted by molar-refractivity contribution is -0.123. The first-order chi connectivity index (χ1) is 11.1. The van der Waals surface area contributed by atoms with Crippen molar-refractivity contribution in [3.8, 4) is 11.5 Å². The lowest BCUT2D eigenvalue weighted by atomic mass is 10.0. The topological polar surface area (TPSA) is 71.6 Å². The van der Waals surface area contributed by atoms with Crippen LogP contribution in [0.3, 0.4) is 0 Å². The average molecular weight is 319 g/mol.